The fourth-order valence-electron chi connectivity index (χ4n) is 2.79. The molecular weight excluding hydrogens is 424 g/mol. The highest BCUT2D eigenvalue weighted by Gasteiger charge is 2.47. The zero-order valence-corrected chi connectivity index (χ0v) is 21.2. The quantitative estimate of drug-likeness (QED) is 0.261. The van der Waals surface area contributed by atoms with E-state index in [0.29, 0.717) is 25.3 Å². The summed E-state index contributed by atoms with van der Waals surface area (Å²) in [5, 5.41) is 0. The molecule has 2 heterocycles. The monoisotopic (exact) mass is 457 g/mol. The van der Waals surface area contributed by atoms with Crippen molar-refractivity contribution in [2.45, 2.75) is 43.9 Å². The van der Waals surface area contributed by atoms with E-state index >= 15 is 0 Å². The third-order valence-corrected chi connectivity index (χ3v) is 17.4. The lowest BCUT2D eigenvalue weighted by atomic mass is 10.5. The molecule has 159 valence electrons. The summed E-state index contributed by atoms with van der Waals surface area (Å²) in [5.41, 5.74) is 0. The third-order valence-electron chi connectivity index (χ3n) is 4.67. The van der Waals surface area contributed by atoms with Crippen molar-refractivity contribution < 1.29 is 39.8 Å². The number of ether oxygens (including phenoxy) is 2. The second-order valence-corrected chi connectivity index (χ2v) is 18.8. The number of rotatable bonds is 11. The molecule has 0 amide bonds. The van der Waals surface area contributed by atoms with Gasteiger partial charge in [0, 0.05) is 40.0 Å². The van der Waals surface area contributed by atoms with Crippen molar-refractivity contribution in [3.8, 4) is 0 Å². The fourth-order valence-corrected chi connectivity index (χ4v) is 15.2. The van der Waals surface area contributed by atoms with Gasteiger partial charge in [0.05, 0.1) is 13.2 Å². The van der Waals surface area contributed by atoms with E-state index in [0.717, 1.165) is 12.7 Å². The van der Waals surface area contributed by atoms with Crippen molar-refractivity contribution in [1.82, 2.24) is 0 Å². The average Bonchev–Trinajstić information content (AvgIpc) is 3.44. The van der Waals surface area contributed by atoms with E-state index in [1.165, 1.54) is 0 Å². The molecule has 2 aliphatic heterocycles. The van der Waals surface area contributed by atoms with Gasteiger partial charge >= 0.3 is 35.2 Å². The zero-order chi connectivity index (χ0) is 20.0. The Kier molecular flexibility index (Phi) is 9.26. The van der Waals surface area contributed by atoms with Gasteiger partial charge in [0.25, 0.3) is 0 Å². The molecule has 0 aromatic rings. The summed E-state index contributed by atoms with van der Waals surface area (Å²) in [6, 6.07) is 2.05. The molecular formula is C14H33O9Si4. The van der Waals surface area contributed by atoms with Crippen molar-refractivity contribution in [2.24, 2.45) is 0 Å². The van der Waals surface area contributed by atoms with Gasteiger partial charge in [-0.25, -0.2) is 0 Å². The second-order valence-electron chi connectivity index (χ2n) is 6.95. The minimum Gasteiger partial charge on any atom is -0.414 e. The van der Waals surface area contributed by atoms with Gasteiger partial charge in [0.1, 0.15) is 12.9 Å². The van der Waals surface area contributed by atoms with Crippen molar-refractivity contribution in [3.63, 3.8) is 0 Å². The highest BCUT2D eigenvalue weighted by Crippen LogP contribution is 2.28. The van der Waals surface area contributed by atoms with Crippen LogP contribution in [-0.4, -0.2) is 89.3 Å². The Labute approximate surface area is 167 Å². The molecule has 2 rings (SSSR count). The van der Waals surface area contributed by atoms with Crippen LogP contribution in [0.15, 0.2) is 0 Å². The summed E-state index contributed by atoms with van der Waals surface area (Å²) in [4.78, 5) is 0. The molecule has 0 N–H and O–H groups in total. The first-order valence-electron chi connectivity index (χ1n) is 9.12. The summed E-state index contributed by atoms with van der Waals surface area (Å²) in [6.07, 6.45) is 0.268. The van der Waals surface area contributed by atoms with Crippen LogP contribution in [0.25, 0.3) is 0 Å². The van der Waals surface area contributed by atoms with Gasteiger partial charge < -0.3 is 39.8 Å². The standard InChI is InChI=1S/C14H33O9Si4/c1-15-27(16-2,17-3)10-9-26(6)21-13-20-25(5,22-24(4)23-26)8-7-18-11-14-12-19-14/h14H,7-13H2,1-6H3. The highest BCUT2D eigenvalue weighted by molar-refractivity contribution is 6.79. The van der Waals surface area contributed by atoms with E-state index in [4.69, 9.17) is 39.8 Å². The lowest BCUT2D eigenvalue weighted by Gasteiger charge is -2.38. The molecule has 1 radical (unpaired) electrons. The summed E-state index contributed by atoms with van der Waals surface area (Å²) >= 11 is 0. The highest BCUT2D eigenvalue weighted by atomic mass is 28.5. The summed E-state index contributed by atoms with van der Waals surface area (Å²) in [7, 11) is -4.22. The van der Waals surface area contributed by atoms with Crippen molar-refractivity contribution in [1.29, 1.82) is 0 Å². The minimum absolute atomic E-state index is 0.174. The van der Waals surface area contributed by atoms with Crippen molar-refractivity contribution in [2.75, 3.05) is 47.9 Å². The first kappa shape index (κ1) is 23.8. The summed E-state index contributed by atoms with van der Waals surface area (Å²) in [5.74, 6) is 0. The summed E-state index contributed by atoms with van der Waals surface area (Å²) < 4.78 is 52.0. The van der Waals surface area contributed by atoms with Crippen molar-refractivity contribution >= 4 is 35.2 Å². The minimum atomic E-state index is -2.67. The Morgan fingerprint density at radius 1 is 1.00 bits per heavy atom. The van der Waals surface area contributed by atoms with Gasteiger partial charge in [-0.2, -0.15) is 0 Å². The maximum atomic E-state index is 6.30. The molecule has 13 heteroatoms. The molecule has 3 unspecified atom stereocenters. The van der Waals surface area contributed by atoms with E-state index < -0.39 is 35.2 Å². The van der Waals surface area contributed by atoms with Gasteiger partial charge in [-0.05, 0) is 25.7 Å². The number of hydrogen-bond acceptors (Lipinski definition) is 9. The predicted molar refractivity (Wildman–Crippen MR) is 106 cm³/mol. The Morgan fingerprint density at radius 2 is 1.56 bits per heavy atom. The van der Waals surface area contributed by atoms with Crippen LogP contribution < -0.4 is 0 Å². The molecule has 27 heavy (non-hydrogen) atoms. The molecule has 2 aliphatic rings. The molecule has 9 nitrogen and oxygen atoms in total. The van der Waals surface area contributed by atoms with E-state index in [2.05, 4.69) is 0 Å². The van der Waals surface area contributed by atoms with Crippen LogP contribution >= 0.6 is 0 Å². The van der Waals surface area contributed by atoms with Gasteiger partial charge in [0.15, 0.2) is 0 Å². The Hall–Kier alpha value is 0.508. The normalized spacial score (nSPS) is 32.9. The van der Waals surface area contributed by atoms with Crippen LogP contribution in [-0.2, 0) is 39.8 Å². The predicted octanol–water partition coefficient (Wildman–Crippen LogP) is 1.58. The Balaban J connectivity index is 1.84. The van der Waals surface area contributed by atoms with Gasteiger partial charge in [-0.15, -0.1) is 0 Å². The topological polar surface area (TPSA) is 86.4 Å². The molecule has 3 atom stereocenters. The molecule has 0 spiro atoms. The van der Waals surface area contributed by atoms with Crippen LogP contribution in [0.4, 0.5) is 0 Å². The Bertz CT molecular complexity index is 446. The number of hydrogen-bond donors (Lipinski definition) is 0. The third kappa shape index (κ3) is 7.69. The van der Waals surface area contributed by atoms with Crippen LogP contribution in [0.3, 0.4) is 0 Å². The van der Waals surface area contributed by atoms with Gasteiger partial charge in [-0.3, -0.25) is 0 Å². The Morgan fingerprint density at radius 3 is 2.07 bits per heavy atom. The molecule has 0 aromatic carbocycles. The largest absolute Gasteiger partial charge is 0.500 e. The maximum Gasteiger partial charge on any atom is 0.500 e. The number of epoxide rings is 1. The van der Waals surface area contributed by atoms with E-state index in [-0.39, 0.29) is 12.9 Å². The van der Waals surface area contributed by atoms with Gasteiger partial charge in [-0.1, -0.05) is 0 Å². The lowest BCUT2D eigenvalue weighted by molar-refractivity contribution is 0.0444. The molecule has 2 fully saturated rings. The average molecular weight is 458 g/mol. The molecule has 2 saturated heterocycles. The van der Waals surface area contributed by atoms with Crippen LogP contribution in [0.5, 0.6) is 0 Å². The van der Waals surface area contributed by atoms with E-state index in [9.17, 15) is 0 Å². The SMILES string of the molecule is CO[Si](CC[Si]1(C)OCO[Si](C)(CCOCC2CO2)O[Si](C)O1)(OC)OC. The van der Waals surface area contributed by atoms with Crippen LogP contribution in [0.1, 0.15) is 0 Å². The molecule has 0 saturated carbocycles. The maximum absolute atomic E-state index is 6.30. The molecule has 0 aromatic heterocycles. The second kappa shape index (κ2) is 10.5. The van der Waals surface area contributed by atoms with Crippen LogP contribution in [0.2, 0.25) is 37.8 Å². The fraction of sp³-hybridized carbons (Fsp3) is 1.00. The first-order chi connectivity index (χ1) is 12.8. The molecule has 0 bridgehead atoms. The first-order valence-corrected chi connectivity index (χ1v) is 17.9. The van der Waals surface area contributed by atoms with Crippen LogP contribution in [0, 0.1) is 0 Å². The lowest BCUT2D eigenvalue weighted by Crippen LogP contribution is -2.55. The van der Waals surface area contributed by atoms with E-state index in [1.807, 2.05) is 19.6 Å². The van der Waals surface area contributed by atoms with Gasteiger partial charge in [0.2, 0.25) is 0 Å². The van der Waals surface area contributed by atoms with E-state index in [1.54, 1.807) is 21.3 Å². The van der Waals surface area contributed by atoms with Crippen molar-refractivity contribution in [3.05, 3.63) is 0 Å². The molecule has 0 aliphatic carbocycles. The zero-order valence-electron chi connectivity index (χ0n) is 17.2. The summed E-state index contributed by atoms with van der Waals surface area (Å²) in [6.45, 7) is 8.25. The smallest absolute Gasteiger partial charge is 0.414 e.